The second kappa shape index (κ2) is 9.51. The highest BCUT2D eigenvalue weighted by Crippen LogP contribution is 2.50. The highest BCUT2D eigenvalue weighted by atomic mass is 16.4. The van der Waals surface area contributed by atoms with Crippen molar-refractivity contribution in [3.63, 3.8) is 0 Å². The molecule has 4 N–H and O–H groups in total. The maximum absolute atomic E-state index is 11.2. The molecule has 29 heavy (non-hydrogen) atoms. The van der Waals surface area contributed by atoms with Gasteiger partial charge in [-0.1, -0.05) is 25.3 Å². The fraction of sp³-hybridized carbons (Fsp3) is 0.652. The van der Waals surface area contributed by atoms with Gasteiger partial charge in [-0.15, -0.1) is 0 Å². The first-order chi connectivity index (χ1) is 13.6. The quantitative estimate of drug-likeness (QED) is 0.347. The van der Waals surface area contributed by atoms with E-state index >= 15 is 0 Å². The molecule has 0 spiro atoms. The first kappa shape index (κ1) is 23.0. The Morgan fingerprint density at radius 2 is 1.62 bits per heavy atom. The average molecular weight is 407 g/mol. The third kappa shape index (κ3) is 6.12. The Balaban J connectivity index is 1.80. The van der Waals surface area contributed by atoms with Crippen LogP contribution >= 0.6 is 0 Å². The molecule has 6 heteroatoms. The van der Waals surface area contributed by atoms with Crippen molar-refractivity contribution in [2.24, 2.45) is 10.8 Å². The second-order valence-electron chi connectivity index (χ2n) is 9.11. The molecule has 0 radical (unpaired) electrons. The van der Waals surface area contributed by atoms with Crippen LogP contribution in [0.5, 0.6) is 11.5 Å². The van der Waals surface area contributed by atoms with Gasteiger partial charge in [-0.25, -0.2) is 0 Å². The average Bonchev–Trinajstić information content (AvgIpc) is 3.43. The number of unbranched alkanes of at least 4 members (excludes halogenated alkanes) is 3. The number of phenols is 2. The van der Waals surface area contributed by atoms with Crippen LogP contribution in [0.2, 0.25) is 0 Å². The molecule has 0 amide bonds. The van der Waals surface area contributed by atoms with Crippen molar-refractivity contribution in [3.05, 3.63) is 23.3 Å². The molecule has 162 valence electrons. The molecule has 1 saturated carbocycles. The fourth-order valence-corrected chi connectivity index (χ4v) is 3.78. The van der Waals surface area contributed by atoms with Gasteiger partial charge in [0, 0.05) is 5.56 Å². The maximum Gasteiger partial charge on any atom is 0.309 e. The molecular formula is C23H34O6. The predicted molar refractivity (Wildman–Crippen MR) is 110 cm³/mol. The Morgan fingerprint density at radius 1 is 0.966 bits per heavy atom. The lowest BCUT2D eigenvalue weighted by molar-refractivity contribution is -0.147. The van der Waals surface area contributed by atoms with Crippen LogP contribution in [0.25, 0.3) is 0 Å². The van der Waals surface area contributed by atoms with Gasteiger partial charge in [0.1, 0.15) is 11.5 Å². The van der Waals surface area contributed by atoms with Crippen molar-refractivity contribution >= 4 is 11.9 Å². The first-order valence-electron chi connectivity index (χ1n) is 10.6. The van der Waals surface area contributed by atoms with E-state index in [9.17, 15) is 24.9 Å². The minimum Gasteiger partial charge on any atom is -0.508 e. The molecule has 0 unspecified atom stereocenters. The molecule has 2 rings (SSSR count). The minimum absolute atomic E-state index is 0.0833. The SMILES string of the molecule is CC(C)(CCCCCc1c(O)ccc(CCCCC2(C(=O)O)CC2)c1O)C(=O)O. The molecule has 1 aliphatic rings. The van der Waals surface area contributed by atoms with Crippen molar-refractivity contribution < 1.29 is 30.0 Å². The largest absolute Gasteiger partial charge is 0.508 e. The van der Waals surface area contributed by atoms with Gasteiger partial charge in [-0.2, -0.15) is 0 Å². The van der Waals surface area contributed by atoms with E-state index < -0.39 is 22.8 Å². The highest BCUT2D eigenvalue weighted by Gasteiger charge is 2.49. The molecule has 0 heterocycles. The van der Waals surface area contributed by atoms with Crippen molar-refractivity contribution in [3.8, 4) is 11.5 Å². The lowest BCUT2D eigenvalue weighted by atomic mass is 9.87. The van der Waals surface area contributed by atoms with Crippen LogP contribution in [-0.2, 0) is 22.4 Å². The normalized spacial score (nSPS) is 15.2. The Kier molecular flexibility index (Phi) is 7.55. The van der Waals surface area contributed by atoms with Gasteiger partial charge in [0.15, 0.2) is 0 Å². The molecule has 1 aliphatic carbocycles. The molecular weight excluding hydrogens is 372 g/mol. The Bertz CT molecular complexity index is 733. The molecule has 0 aliphatic heterocycles. The van der Waals surface area contributed by atoms with Crippen LogP contribution in [0.15, 0.2) is 12.1 Å². The van der Waals surface area contributed by atoms with E-state index in [-0.39, 0.29) is 11.5 Å². The summed E-state index contributed by atoms with van der Waals surface area (Å²) < 4.78 is 0. The van der Waals surface area contributed by atoms with Crippen LogP contribution in [0.4, 0.5) is 0 Å². The van der Waals surface area contributed by atoms with Crippen molar-refractivity contribution in [2.75, 3.05) is 0 Å². The van der Waals surface area contributed by atoms with Gasteiger partial charge in [0.05, 0.1) is 10.8 Å². The predicted octanol–water partition coefficient (Wildman–Crippen LogP) is 4.89. The second-order valence-corrected chi connectivity index (χ2v) is 9.11. The van der Waals surface area contributed by atoms with E-state index in [0.717, 1.165) is 50.5 Å². The van der Waals surface area contributed by atoms with E-state index in [1.807, 2.05) is 0 Å². The van der Waals surface area contributed by atoms with Gasteiger partial charge < -0.3 is 20.4 Å². The first-order valence-corrected chi connectivity index (χ1v) is 10.6. The van der Waals surface area contributed by atoms with Gasteiger partial charge in [0.2, 0.25) is 0 Å². The molecule has 6 nitrogen and oxygen atoms in total. The van der Waals surface area contributed by atoms with Gasteiger partial charge in [-0.05, 0) is 76.8 Å². The number of carboxylic acids is 2. The number of aryl methyl sites for hydroxylation is 1. The molecule has 1 aromatic carbocycles. The zero-order valence-electron chi connectivity index (χ0n) is 17.5. The third-order valence-electron chi connectivity index (χ3n) is 6.31. The van der Waals surface area contributed by atoms with E-state index in [4.69, 9.17) is 5.11 Å². The summed E-state index contributed by atoms with van der Waals surface area (Å²) in [5, 5.41) is 39.0. The van der Waals surface area contributed by atoms with Crippen molar-refractivity contribution in [2.45, 2.75) is 84.5 Å². The summed E-state index contributed by atoms with van der Waals surface area (Å²) in [6.45, 7) is 3.44. The van der Waals surface area contributed by atoms with Crippen molar-refractivity contribution in [1.29, 1.82) is 0 Å². The maximum atomic E-state index is 11.2. The molecule has 0 bridgehead atoms. The number of aromatic hydroxyl groups is 2. The number of carbonyl (C=O) groups is 2. The van der Waals surface area contributed by atoms with E-state index in [0.29, 0.717) is 31.2 Å². The van der Waals surface area contributed by atoms with Crippen LogP contribution in [0.1, 0.15) is 82.8 Å². The van der Waals surface area contributed by atoms with Gasteiger partial charge >= 0.3 is 11.9 Å². The molecule has 0 saturated heterocycles. The van der Waals surface area contributed by atoms with E-state index in [1.165, 1.54) is 0 Å². The minimum atomic E-state index is -0.795. The number of aliphatic carboxylic acids is 2. The molecule has 1 aromatic rings. The fourth-order valence-electron chi connectivity index (χ4n) is 3.78. The number of benzene rings is 1. The summed E-state index contributed by atoms with van der Waals surface area (Å²) >= 11 is 0. The summed E-state index contributed by atoms with van der Waals surface area (Å²) in [6, 6.07) is 3.34. The van der Waals surface area contributed by atoms with Gasteiger partial charge in [0.25, 0.3) is 0 Å². The lowest BCUT2D eigenvalue weighted by Crippen LogP contribution is -2.23. The number of rotatable bonds is 13. The Morgan fingerprint density at radius 3 is 2.21 bits per heavy atom. The number of hydrogen-bond donors (Lipinski definition) is 4. The van der Waals surface area contributed by atoms with Crippen LogP contribution in [0, 0.1) is 10.8 Å². The third-order valence-corrected chi connectivity index (χ3v) is 6.31. The summed E-state index contributed by atoms with van der Waals surface area (Å²) in [4.78, 5) is 22.4. The topological polar surface area (TPSA) is 115 Å². The molecule has 0 atom stereocenters. The summed E-state index contributed by atoms with van der Waals surface area (Å²) in [6.07, 6.45) is 7.99. The van der Waals surface area contributed by atoms with Crippen LogP contribution in [0.3, 0.4) is 0 Å². The lowest BCUT2D eigenvalue weighted by Gasteiger charge is -2.18. The summed E-state index contributed by atoms with van der Waals surface area (Å²) in [5.41, 5.74) is 0.0931. The van der Waals surface area contributed by atoms with Crippen LogP contribution in [-0.4, -0.2) is 32.4 Å². The number of phenolic OH excluding ortho intramolecular Hbond substituents is 2. The Hall–Kier alpha value is -2.24. The smallest absolute Gasteiger partial charge is 0.309 e. The molecule has 0 aromatic heterocycles. The highest BCUT2D eigenvalue weighted by molar-refractivity contribution is 5.77. The molecule has 1 fully saturated rings. The van der Waals surface area contributed by atoms with Crippen molar-refractivity contribution in [1.82, 2.24) is 0 Å². The van der Waals surface area contributed by atoms with Gasteiger partial charge in [-0.3, -0.25) is 9.59 Å². The monoisotopic (exact) mass is 406 g/mol. The standard InChI is InChI=1S/C23H34O6/c1-22(2,20(26)27)12-6-3-4-9-17-18(24)11-10-16(19(17)25)8-5-7-13-23(14-15-23)21(28)29/h10-11,24-25H,3-9,12-15H2,1-2H3,(H,26,27)(H,28,29). The number of carboxylic acid groups (broad SMARTS) is 2. The summed E-state index contributed by atoms with van der Waals surface area (Å²) in [7, 11) is 0. The summed E-state index contributed by atoms with van der Waals surface area (Å²) in [5.74, 6) is -1.27. The number of hydrogen-bond acceptors (Lipinski definition) is 4. The zero-order chi connectivity index (χ0) is 21.7. The zero-order valence-corrected chi connectivity index (χ0v) is 17.5. The van der Waals surface area contributed by atoms with Crippen LogP contribution < -0.4 is 0 Å². The van der Waals surface area contributed by atoms with E-state index in [1.54, 1.807) is 26.0 Å². The Labute approximate surface area is 172 Å². The van der Waals surface area contributed by atoms with E-state index in [2.05, 4.69) is 0 Å².